The molecule has 1 unspecified atom stereocenters. The molecule has 1 aliphatic heterocycles. The van der Waals surface area contributed by atoms with E-state index in [0.29, 0.717) is 30.1 Å². The number of sulfone groups is 1. The third-order valence-electron chi connectivity index (χ3n) is 3.93. The van der Waals surface area contributed by atoms with Crippen LogP contribution >= 0.6 is 0 Å². The van der Waals surface area contributed by atoms with E-state index in [1.165, 1.54) is 0 Å². The normalized spacial score (nSPS) is 40.8. The molecule has 2 fully saturated rings. The van der Waals surface area contributed by atoms with Gasteiger partial charge >= 0.3 is 0 Å². The molecule has 2 N–H and O–H groups in total. The van der Waals surface area contributed by atoms with Gasteiger partial charge in [0.2, 0.25) is 0 Å². The highest BCUT2D eigenvalue weighted by Gasteiger charge is 2.33. The Morgan fingerprint density at radius 1 is 1.19 bits per heavy atom. The summed E-state index contributed by atoms with van der Waals surface area (Å²) < 4.78 is 23.0. The summed E-state index contributed by atoms with van der Waals surface area (Å²) in [6.45, 7) is 2.74. The molecule has 1 heterocycles. The van der Waals surface area contributed by atoms with E-state index in [1.807, 2.05) is 6.92 Å². The zero-order chi connectivity index (χ0) is 11.8. The van der Waals surface area contributed by atoms with Gasteiger partial charge in [-0.05, 0) is 32.6 Å². The van der Waals surface area contributed by atoms with Gasteiger partial charge in [0.25, 0.3) is 0 Å². The zero-order valence-electron chi connectivity index (χ0n) is 9.93. The van der Waals surface area contributed by atoms with Gasteiger partial charge in [0, 0.05) is 24.7 Å². The highest BCUT2D eigenvalue weighted by Crippen LogP contribution is 2.25. The average Bonchev–Trinajstić information content (AvgIpc) is 2.19. The first kappa shape index (κ1) is 12.3. The van der Waals surface area contributed by atoms with Crippen molar-refractivity contribution in [3.05, 3.63) is 0 Å². The van der Waals surface area contributed by atoms with Crippen molar-refractivity contribution in [2.24, 2.45) is 5.73 Å². The summed E-state index contributed by atoms with van der Waals surface area (Å²) in [6.07, 6.45) is 4.43. The van der Waals surface area contributed by atoms with E-state index in [9.17, 15) is 8.42 Å². The molecule has 0 amide bonds. The lowest BCUT2D eigenvalue weighted by atomic mass is 9.90. The van der Waals surface area contributed by atoms with E-state index in [2.05, 4.69) is 4.90 Å². The van der Waals surface area contributed by atoms with Crippen molar-refractivity contribution in [2.45, 2.75) is 50.7 Å². The fourth-order valence-corrected chi connectivity index (χ4v) is 4.57. The van der Waals surface area contributed by atoms with Crippen LogP contribution in [0.4, 0.5) is 0 Å². The lowest BCUT2D eigenvalue weighted by Gasteiger charge is -2.42. The minimum absolute atomic E-state index is 0.179. The van der Waals surface area contributed by atoms with Crippen molar-refractivity contribution < 1.29 is 8.42 Å². The number of nitrogens with two attached hydrogens (primary N) is 1. The molecule has 0 aromatic rings. The molecule has 94 valence electrons. The Kier molecular flexibility index (Phi) is 3.56. The quantitative estimate of drug-likeness (QED) is 0.726. The number of rotatable bonds is 1. The van der Waals surface area contributed by atoms with Gasteiger partial charge < -0.3 is 5.73 Å². The Bertz CT molecular complexity index is 334. The summed E-state index contributed by atoms with van der Waals surface area (Å²) in [5, 5.41) is 0. The van der Waals surface area contributed by atoms with Crippen LogP contribution in [0.1, 0.15) is 32.6 Å². The molecule has 0 aromatic heterocycles. The molecule has 1 saturated carbocycles. The average molecular weight is 246 g/mol. The number of nitrogens with zero attached hydrogens (tertiary/aromatic N) is 1. The SMILES string of the molecule is CC1CS(=O)(=O)CCN1C1CCC(N)CC1. The summed E-state index contributed by atoms with van der Waals surface area (Å²) in [5.74, 6) is 0.662. The number of hydrogen-bond donors (Lipinski definition) is 1. The van der Waals surface area contributed by atoms with E-state index in [-0.39, 0.29) is 6.04 Å². The van der Waals surface area contributed by atoms with Gasteiger partial charge in [0.05, 0.1) is 11.5 Å². The van der Waals surface area contributed by atoms with Crippen LogP contribution in [0.15, 0.2) is 0 Å². The van der Waals surface area contributed by atoms with Crippen LogP contribution in [0, 0.1) is 0 Å². The van der Waals surface area contributed by atoms with Gasteiger partial charge in [0.1, 0.15) is 0 Å². The molecule has 0 bridgehead atoms. The standard InChI is InChI=1S/C11H22N2O2S/c1-9-8-16(14,15)7-6-13(9)11-4-2-10(12)3-5-11/h9-11H,2-8,12H2,1H3. The van der Waals surface area contributed by atoms with E-state index in [0.717, 1.165) is 25.7 Å². The van der Waals surface area contributed by atoms with Crippen LogP contribution in [0.2, 0.25) is 0 Å². The van der Waals surface area contributed by atoms with Crippen molar-refractivity contribution in [1.82, 2.24) is 4.90 Å². The molecular weight excluding hydrogens is 224 g/mol. The van der Waals surface area contributed by atoms with Gasteiger partial charge in [-0.3, -0.25) is 4.90 Å². The van der Waals surface area contributed by atoms with Crippen LogP contribution in [0.3, 0.4) is 0 Å². The molecule has 1 saturated heterocycles. The number of hydrogen-bond acceptors (Lipinski definition) is 4. The summed E-state index contributed by atoms with van der Waals surface area (Å²) >= 11 is 0. The van der Waals surface area contributed by atoms with Crippen LogP contribution in [-0.4, -0.2) is 49.5 Å². The van der Waals surface area contributed by atoms with Crippen molar-refractivity contribution in [2.75, 3.05) is 18.1 Å². The Morgan fingerprint density at radius 3 is 2.38 bits per heavy atom. The fourth-order valence-electron chi connectivity index (χ4n) is 2.99. The Balaban J connectivity index is 1.95. The van der Waals surface area contributed by atoms with Crippen molar-refractivity contribution in [3.63, 3.8) is 0 Å². The lowest BCUT2D eigenvalue weighted by molar-refractivity contribution is 0.119. The molecule has 0 spiro atoms. The Hall–Kier alpha value is -0.130. The Labute approximate surface area is 98.1 Å². The van der Waals surface area contributed by atoms with Gasteiger partial charge in [-0.1, -0.05) is 0 Å². The summed E-state index contributed by atoms with van der Waals surface area (Å²) in [7, 11) is -2.78. The van der Waals surface area contributed by atoms with Crippen molar-refractivity contribution in [3.8, 4) is 0 Å². The van der Waals surface area contributed by atoms with E-state index in [4.69, 9.17) is 5.73 Å². The van der Waals surface area contributed by atoms with E-state index in [1.54, 1.807) is 0 Å². The van der Waals surface area contributed by atoms with Crippen LogP contribution in [0.25, 0.3) is 0 Å². The molecular formula is C11H22N2O2S. The van der Waals surface area contributed by atoms with E-state index >= 15 is 0 Å². The van der Waals surface area contributed by atoms with Crippen LogP contribution < -0.4 is 5.73 Å². The molecule has 16 heavy (non-hydrogen) atoms. The van der Waals surface area contributed by atoms with Gasteiger partial charge in [0.15, 0.2) is 9.84 Å². The zero-order valence-corrected chi connectivity index (χ0v) is 10.7. The van der Waals surface area contributed by atoms with Gasteiger partial charge in [-0.25, -0.2) is 8.42 Å². The first-order chi connectivity index (χ1) is 7.48. The van der Waals surface area contributed by atoms with Crippen molar-refractivity contribution in [1.29, 1.82) is 0 Å². The molecule has 1 atom stereocenters. The molecule has 5 heteroatoms. The second kappa shape index (κ2) is 4.63. The first-order valence-electron chi connectivity index (χ1n) is 6.20. The van der Waals surface area contributed by atoms with Gasteiger partial charge in [-0.2, -0.15) is 0 Å². The maximum Gasteiger partial charge on any atom is 0.153 e. The third kappa shape index (κ3) is 2.76. The minimum Gasteiger partial charge on any atom is -0.328 e. The predicted octanol–water partition coefficient (Wildman–Crippen LogP) is 0.375. The second-order valence-corrected chi connectivity index (χ2v) is 7.50. The topological polar surface area (TPSA) is 63.4 Å². The summed E-state index contributed by atoms with van der Waals surface area (Å²) in [6, 6.07) is 1.10. The smallest absolute Gasteiger partial charge is 0.153 e. The van der Waals surface area contributed by atoms with Crippen molar-refractivity contribution >= 4 is 9.84 Å². The largest absolute Gasteiger partial charge is 0.328 e. The fraction of sp³-hybridized carbons (Fsp3) is 1.00. The summed E-state index contributed by atoms with van der Waals surface area (Å²) in [4.78, 5) is 2.38. The highest BCUT2D eigenvalue weighted by atomic mass is 32.2. The maximum absolute atomic E-state index is 11.5. The monoisotopic (exact) mass is 246 g/mol. The summed E-state index contributed by atoms with van der Waals surface area (Å²) in [5.41, 5.74) is 5.89. The lowest BCUT2D eigenvalue weighted by Crippen LogP contribution is -2.53. The predicted molar refractivity (Wildman–Crippen MR) is 65.1 cm³/mol. The third-order valence-corrected chi connectivity index (χ3v) is 5.73. The van der Waals surface area contributed by atoms with Gasteiger partial charge in [-0.15, -0.1) is 0 Å². The van der Waals surface area contributed by atoms with E-state index < -0.39 is 9.84 Å². The van der Waals surface area contributed by atoms with Crippen LogP contribution in [-0.2, 0) is 9.84 Å². The molecule has 0 radical (unpaired) electrons. The molecule has 2 aliphatic rings. The minimum atomic E-state index is -2.78. The Morgan fingerprint density at radius 2 is 1.81 bits per heavy atom. The maximum atomic E-state index is 11.5. The highest BCUT2D eigenvalue weighted by molar-refractivity contribution is 7.91. The molecule has 4 nitrogen and oxygen atoms in total. The van der Waals surface area contributed by atoms with Crippen LogP contribution in [0.5, 0.6) is 0 Å². The molecule has 1 aliphatic carbocycles. The first-order valence-corrected chi connectivity index (χ1v) is 8.02. The molecule has 0 aromatic carbocycles. The second-order valence-electron chi connectivity index (χ2n) is 5.27. The molecule has 2 rings (SSSR count).